The highest BCUT2D eigenvalue weighted by molar-refractivity contribution is 5.93. The van der Waals surface area contributed by atoms with E-state index in [1.54, 1.807) is 12.3 Å². The minimum Gasteiger partial charge on any atom is -0.380 e. The molecule has 126 valence electrons. The number of carbonyl (C=O) groups is 1. The number of hydrogen-bond acceptors (Lipinski definition) is 5. The summed E-state index contributed by atoms with van der Waals surface area (Å²) in [5.74, 6) is 0.881. The predicted molar refractivity (Wildman–Crippen MR) is 86.3 cm³/mol. The average Bonchev–Trinajstić information content (AvgIpc) is 3.37. The molecule has 4 rings (SSSR count). The van der Waals surface area contributed by atoms with Crippen molar-refractivity contribution in [3.05, 3.63) is 41.5 Å². The third kappa shape index (κ3) is 3.03. The summed E-state index contributed by atoms with van der Waals surface area (Å²) >= 11 is 0. The number of aryl methyl sites for hydroxylation is 1. The lowest BCUT2D eigenvalue weighted by Crippen LogP contribution is -2.40. The van der Waals surface area contributed by atoms with Gasteiger partial charge in [0, 0.05) is 31.7 Å². The quantitative estimate of drug-likeness (QED) is 0.829. The highest BCUT2D eigenvalue weighted by atomic mass is 16.5. The summed E-state index contributed by atoms with van der Waals surface area (Å²) in [5.41, 5.74) is 2.84. The van der Waals surface area contributed by atoms with Gasteiger partial charge in [-0.25, -0.2) is 0 Å². The van der Waals surface area contributed by atoms with E-state index in [4.69, 9.17) is 4.74 Å². The van der Waals surface area contributed by atoms with Crippen molar-refractivity contribution in [2.75, 3.05) is 19.8 Å². The molecule has 7 nitrogen and oxygen atoms in total. The predicted octanol–water partition coefficient (Wildman–Crippen LogP) is 1.38. The van der Waals surface area contributed by atoms with Gasteiger partial charge in [-0.2, -0.15) is 15.3 Å². The van der Waals surface area contributed by atoms with Crippen molar-refractivity contribution >= 4 is 5.91 Å². The Morgan fingerprint density at radius 3 is 2.92 bits per heavy atom. The van der Waals surface area contributed by atoms with Crippen LogP contribution in [-0.2, 0) is 18.3 Å². The van der Waals surface area contributed by atoms with Gasteiger partial charge in [0.25, 0.3) is 5.91 Å². The Labute approximate surface area is 140 Å². The van der Waals surface area contributed by atoms with Gasteiger partial charge in [-0.05, 0) is 24.8 Å². The monoisotopic (exact) mass is 327 g/mol. The molecule has 2 aromatic rings. The zero-order valence-corrected chi connectivity index (χ0v) is 13.8. The molecule has 0 aromatic carbocycles. The van der Waals surface area contributed by atoms with E-state index >= 15 is 0 Å². The number of aromatic nitrogens is 4. The fourth-order valence-electron chi connectivity index (χ4n) is 3.18. The molecule has 24 heavy (non-hydrogen) atoms. The maximum Gasteiger partial charge on any atom is 0.255 e. The Morgan fingerprint density at radius 2 is 2.17 bits per heavy atom. The average molecular weight is 327 g/mol. The van der Waals surface area contributed by atoms with Gasteiger partial charge in [-0.3, -0.25) is 9.48 Å². The first-order chi connectivity index (χ1) is 11.7. The van der Waals surface area contributed by atoms with E-state index in [0.717, 1.165) is 18.2 Å². The van der Waals surface area contributed by atoms with Gasteiger partial charge in [0.15, 0.2) is 0 Å². The summed E-state index contributed by atoms with van der Waals surface area (Å²) in [5, 5.41) is 11.9. The topological polar surface area (TPSA) is 73.1 Å². The minimum atomic E-state index is -0.0241. The van der Waals surface area contributed by atoms with Crippen LogP contribution in [0.5, 0.6) is 0 Å². The fraction of sp³-hybridized carbons (Fsp3) is 0.529. The van der Waals surface area contributed by atoms with Gasteiger partial charge in [0.05, 0.1) is 43.0 Å². The third-order valence-corrected chi connectivity index (χ3v) is 4.80. The van der Waals surface area contributed by atoms with E-state index in [1.165, 1.54) is 24.6 Å². The number of hydrogen-bond donors (Lipinski definition) is 0. The molecular formula is C17H21N5O2. The number of carbonyl (C=O) groups excluding carboxylic acids is 1. The molecule has 1 atom stereocenters. The normalized spacial score (nSPS) is 20.0. The molecule has 2 aromatic heterocycles. The lowest BCUT2D eigenvalue weighted by atomic mass is 9.95. The lowest BCUT2D eigenvalue weighted by Gasteiger charge is -2.33. The van der Waals surface area contributed by atoms with Crippen molar-refractivity contribution in [1.82, 2.24) is 24.9 Å². The molecule has 3 heterocycles. The molecular weight excluding hydrogens is 306 g/mol. The second-order valence-corrected chi connectivity index (χ2v) is 6.66. The summed E-state index contributed by atoms with van der Waals surface area (Å²) in [6.07, 6.45) is 7.53. The van der Waals surface area contributed by atoms with Crippen LogP contribution in [0.1, 0.15) is 40.4 Å². The maximum atomic E-state index is 12.8. The largest absolute Gasteiger partial charge is 0.380 e. The highest BCUT2D eigenvalue weighted by Gasteiger charge is 2.32. The second kappa shape index (κ2) is 6.32. The first kappa shape index (κ1) is 15.3. The summed E-state index contributed by atoms with van der Waals surface area (Å²) < 4.78 is 7.75. The first-order valence-corrected chi connectivity index (χ1v) is 8.37. The Balaban J connectivity index is 1.52. The zero-order chi connectivity index (χ0) is 16.5. The summed E-state index contributed by atoms with van der Waals surface area (Å²) in [7, 11) is 1.92. The maximum absolute atomic E-state index is 12.8. The molecule has 0 unspecified atom stereocenters. The van der Waals surface area contributed by atoms with Crippen molar-refractivity contribution in [2.45, 2.75) is 25.3 Å². The molecule has 1 aliphatic carbocycles. The molecule has 0 saturated heterocycles. The summed E-state index contributed by atoms with van der Waals surface area (Å²) in [6, 6.07) is 1.70. The van der Waals surface area contributed by atoms with Crippen molar-refractivity contribution < 1.29 is 9.53 Å². The standard InChI is InChI=1S/C17H21N5O2/c1-21-16-9-22(17(23)13-4-5-18-19-6-13)8-14(15(16)7-20-21)11-24-10-12-2-3-12/h4-7,12,14H,2-3,8-11H2,1H3/t14-/m0/s1. The van der Waals surface area contributed by atoms with Crippen LogP contribution >= 0.6 is 0 Å². The van der Waals surface area contributed by atoms with Crippen LogP contribution in [0, 0.1) is 5.92 Å². The van der Waals surface area contributed by atoms with E-state index in [-0.39, 0.29) is 11.8 Å². The van der Waals surface area contributed by atoms with Gasteiger partial charge in [0.2, 0.25) is 0 Å². The number of fused-ring (bicyclic) bond motifs is 1. The van der Waals surface area contributed by atoms with Gasteiger partial charge < -0.3 is 9.64 Å². The Kier molecular flexibility index (Phi) is 4.02. The molecule has 0 bridgehead atoms. The first-order valence-electron chi connectivity index (χ1n) is 8.37. The second-order valence-electron chi connectivity index (χ2n) is 6.66. The van der Waals surface area contributed by atoms with E-state index in [9.17, 15) is 4.79 Å². The number of nitrogens with zero attached hydrogens (tertiary/aromatic N) is 5. The third-order valence-electron chi connectivity index (χ3n) is 4.80. The molecule has 1 aliphatic heterocycles. The molecule has 1 fully saturated rings. The van der Waals surface area contributed by atoms with Crippen molar-refractivity contribution in [1.29, 1.82) is 0 Å². The van der Waals surface area contributed by atoms with E-state index in [2.05, 4.69) is 15.3 Å². The smallest absolute Gasteiger partial charge is 0.255 e. The van der Waals surface area contributed by atoms with Crippen LogP contribution in [0.25, 0.3) is 0 Å². The van der Waals surface area contributed by atoms with Crippen LogP contribution < -0.4 is 0 Å². The fourth-order valence-corrected chi connectivity index (χ4v) is 3.18. The van der Waals surface area contributed by atoms with Crippen LogP contribution in [0.3, 0.4) is 0 Å². The molecule has 0 spiro atoms. The SMILES string of the molecule is Cn1ncc2c1CN(C(=O)c1ccnnc1)C[C@H]2COCC1CC1. The summed E-state index contributed by atoms with van der Waals surface area (Å²) in [6.45, 7) is 2.67. The van der Waals surface area contributed by atoms with E-state index in [0.29, 0.717) is 25.3 Å². The molecule has 0 N–H and O–H groups in total. The lowest BCUT2D eigenvalue weighted by molar-refractivity contribution is 0.0623. The minimum absolute atomic E-state index is 0.0241. The number of ether oxygens (including phenoxy) is 1. The molecule has 1 amide bonds. The van der Waals surface area contributed by atoms with Crippen LogP contribution in [0.2, 0.25) is 0 Å². The van der Waals surface area contributed by atoms with Crippen molar-refractivity contribution in [3.8, 4) is 0 Å². The van der Waals surface area contributed by atoms with Crippen molar-refractivity contribution in [2.24, 2.45) is 13.0 Å². The van der Waals surface area contributed by atoms with Crippen LogP contribution in [0.4, 0.5) is 0 Å². The Hall–Kier alpha value is -2.28. The molecule has 7 heteroatoms. The molecule has 1 saturated carbocycles. The highest BCUT2D eigenvalue weighted by Crippen LogP contribution is 2.32. The van der Waals surface area contributed by atoms with Gasteiger partial charge >= 0.3 is 0 Å². The van der Waals surface area contributed by atoms with Crippen LogP contribution in [0.15, 0.2) is 24.7 Å². The van der Waals surface area contributed by atoms with E-state index in [1.807, 2.05) is 22.8 Å². The zero-order valence-electron chi connectivity index (χ0n) is 13.8. The Bertz CT molecular complexity index is 726. The Morgan fingerprint density at radius 1 is 1.29 bits per heavy atom. The van der Waals surface area contributed by atoms with Crippen molar-refractivity contribution in [3.63, 3.8) is 0 Å². The van der Waals surface area contributed by atoms with E-state index < -0.39 is 0 Å². The molecule has 0 radical (unpaired) electrons. The molecule has 2 aliphatic rings. The van der Waals surface area contributed by atoms with Gasteiger partial charge in [-0.15, -0.1) is 0 Å². The summed E-state index contributed by atoms with van der Waals surface area (Å²) in [4.78, 5) is 14.6. The number of rotatable bonds is 5. The van der Waals surface area contributed by atoms with Crippen LogP contribution in [-0.4, -0.2) is 50.5 Å². The van der Waals surface area contributed by atoms with Gasteiger partial charge in [0.1, 0.15) is 0 Å². The van der Waals surface area contributed by atoms with Gasteiger partial charge in [-0.1, -0.05) is 0 Å². The number of amides is 1.